The quantitative estimate of drug-likeness (QED) is 0.153. The van der Waals surface area contributed by atoms with Gasteiger partial charge in [0.25, 0.3) is 0 Å². The highest BCUT2D eigenvalue weighted by Gasteiger charge is 2.59. The molecule has 0 bridgehead atoms. The lowest BCUT2D eigenvalue weighted by atomic mass is 9.63. The Bertz CT molecular complexity index is 2750. The molecule has 2 nitrogen and oxygen atoms in total. The van der Waals surface area contributed by atoms with Gasteiger partial charge in [0.1, 0.15) is 11.9 Å². The Morgan fingerprint density at radius 2 is 0.780 bits per heavy atom. The smallest absolute Gasteiger partial charge is 0.133 e. The third kappa shape index (κ3) is 5.79. The minimum atomic E-state index is -0.445. The van der Waals surface area contributed by atoms with Gasteiger partial charge in [-0.3, -0.25) is 0 Å². The van der Waals surface area contributed by atoms with E-state index in [1.807, 2.05) is 0 Å². The van der Waals surface area contributed by atoms with Gasteiger partial charge in [-0.05, 0) is 92.5 Å². The Hall–Kier alpha value is -7.42. The Morgan fingerprint density at radius 1 is 0.356 bits per heavy atom. The molecule has 9 aromatic rings. The first-order valence-corrected chi connectivity index (χ1v) is 20.5. The van der Waals surface area contributed by atoms with Crippen molar-refractivity contribution in [1.29, 1.82) is 0 Å². The van der Waals surface area contributed by atoms with Crippen molar-refractivity contribution in [2.75, 3.05) is 4.90 Å². The van der Waals surface area contributed by atoms with Crippen molar-refractivity contribution < 1.29 is 4.74 Å². The van der Waals surface area contributed by atoms with Crippen LogP contribution >= 0.6 is 0 Å². The van der Waals surface area contributed by atoms with Crippen LogP contribution in [0.2, 0.25) is 0 Å². The summed E-state index contributed by atoms with van der Waals surface area (Å²) in [5, 5.41) is 0. The van der Waals surface area contributed by atoms with E-state index in [2.05, 4.69) is 241 Å². The number of nitrogens with zero attached hydrogens (tertiary/aromatic N) is 1. The first kappa shape index (κ1) is 34.8. The lowest BCUT2D eigenvalue weighted by Crippen LogP contribution is -2.33. The number of para-hydroxylation sites is 1. The summed E-state index contributed by atoms with van der Waals surface area (Å²) < 4.78 is 7.07. The molecule has 0 amide bonds. The SMILES string of the molecule is c1ccc(-c2ccc(N(c3ccc(-c4ccccc4)cc3)c3ccc(-c4cccc5c4C4Oc6ccccc6C4C5(c4ccccc4)c4ccccc4)cc3)cc2)cc1. The molecule has 9 aromatic carbocycles. The molecule has 0 fully saturated rings. The van der Waals surface area contributed by atoms with Crippen LogP contribution in [0.5, 0.6) is 5.75 Å². The number of benzene rings is 9. The predicted molar refractivity (Wildman–Crippen MR) is 243 cm³/mol. The molecule has 0 spiro atoms. The van der Waals surface area contributed by atoms with Gasteiger partial charge in [-0.2, -0.15) is 0 Å². The molecule has 0 aromatic heterocycles. The van der Waals surface area contributed by atoms with Gasteiger partial charge in [0.05, 0.1) is 5.41 Å². The van der Waals surface area contributed by atoms with Crippen LogP contribution in [0.1, 0.15) is 39.8 Å². The molecule has 2 unspecified atom stereocenters. The van der Waals surface area contributed by atoms with Gasteiger partial charge in [-0.1, -0.05) is 194 Å². The Kier molecular flexibility index (Phi) is 8.56. The van der Waals surface area contributed by atoms with Gasteiger partial charge < -0.3 is 9.64 Å². The first-order valence-electron chi connectivity index (χ1n) is 20.5. The van der Waals surface area contributed by atoms with Crippen molar-refractivity contribution in [3.8, 4) is 39.1 Å². The third-order valence-electron chi connectivity index (χ3n) is 12.5. The van der Waals surface area contributed by atoms with E-state index in [1.165, 1.54) is 61.2 Å². The summed E-state index contributed by atoms with van der Waals surface area (Å²) in [6.07, 6.45) is -0.151. The molecule has 0 radical (unpaired) electrons. The van der Waals surface area contributed by atoms with Gasteiger partial charge in [0, 0.05) is 34.1 Å². The van der Waals surface area contributed by atoms with Crippen LogP contribution in [0.3, 0.4) is 0 Å². The molecule has 11 rings (SSSR count). The normalized spacial score (nSPS) is 15.7. The average molecular weight is 756 g/mol. The van der Waals surface area contributed by atoms with Crippen LogP contribution in [-0.2, 0) is 5.41 Å². The summed E-state index contributed by atoms with van der Waals surface area (Å²) in [5.41, 5.74) is 16.4. The van der Waals surface area contributed by atoms with Crippen LogP contribution in [0.4, 0.5) is 17.1 Å². The number of hydrogen-bond donors (Lipinski definition) is 0. The van der Waals surface area contributed by atoms with Gasteiger partial charge in [-0.15, -0.1) is 0 Å². The largest absolute Gasteiger partial charge is 0.485 e. The molecule has 2 heteroatoms. The van der Waals surface area contributed by atoms with E-state index in [4.69, 9.17) is 4.74 Å². The maximum absolute atomic E-state index is 7.07. The molecule has 0 N–H and O–H groups in total. The molecule has 2 aliphatic rings. The molecule has 2 atom stereocenters. The third-order valence-corrected chi connectivity index (χ3v) is 12.5. The fourth-order valence-corrected chi connectivity index (χ4v) is 9.88. The van der Waals surface area contributed by atoms with E-state index in [1.54, 1.807) is 0 Å². The molecular formula is C57H41NO. The summed E-state index contributed by atoms with van der Waals surface area (Å²) in [6.45, 7) is 0. The summed E-state index contributed by atoms with van der Waals surface area (Å²) in [7, 11) is 0. The van der Waals surface area contributed by atoms with Gasteiger partial charge >= 0.3 is 0 Å². The zero-order chi connectivity index (χ0) is 39.2. The Balaban J connectivity index is 1.04. The van der Waals surface area contributed by atoms with E-state index < -0.39 is 5.41 Å². The fraction of sp³-hybridized carbons (Fsp3) is 0.0526. The summed E-state index contributed by atoms with van der Waals surface area (Å²) in [4.78, 5) is 2.35. The standard InChI is InChI=1S/C57H41NO/c1-5-16-40(17-6-1)42-28-34-47(35-29-42)58(48-36-30-43(31-37-48)41-18-7-2-8-19-41)49-38-32-44(33-39-49)50-25-15-26-52-54(50)56-55(51-24-13-14-27-53(51)59-56)57(52,45-20-9-3-10-21-45)46-22-11-4-12-23-46/h1-39,55-56H. The highest BCUT2D eigenvalue weighted by atomic mass is 16.5. The Labute approximate surface area is 346 Å². The Morgan fingerprint density at radius 3 is 1.29 bits per heavy atom. The van der Waals surface area contributed by atoms with Crippen molar-refractivity contribution in [3.05, 3.63) is 264 Å². The van der Waals surface area contributed by atoms with E-state index >= 15 is 0 Å². The molecule has 0 saturated carbocycles. The molecule has 1 heterocycles. The fourth-order valence-electron chi connectivity index (χ4n) is 9.88. The van der Waals surface area contributed by atoms with Crippen molar-refractivity contribution in [2.45, 2.75) is 17.4 Å². The van der Waals surface area contributed by atoms with Crippen LogP contribution in [0.25, 0.3) is 33.4 Å². The first-order chi connectivity index (χ1) is 29.3. The number of hydrogen-bond acceptors (Lipinski definition) is 2. The van der Waals surface area contributed by atoms with Crippen LogP contribution in [0.15, 0.2) is 237 Å². The molecule has 1 aliphatic carbocycles. The summed E-state index contributed by atoms with van der Waals surface area (Å²) in [6, 6.07) is 85.7. The second-order valence-electron chi connectivity index (χ2n) is 15.6. The number of ether oxygens (including phenoxy) is 1. The lowest BCUT2D eigenvalue weighted by molar-refractivity contribution is 0.207. The second kappa shape index (κ2) is 14.5. The topological polar surface area (TPSA) is 12.5 Å². The van der Waals surface area contributed by atoms with Crippen molar-refractivity contribution in [1.82, 2.24) is 0 Å². The van der Waals surface area contributed by atoms with E-state index in [0.29, 0.717) is 0 Å². The predicted octanol–water partition coefficient (Wildman–Crippen LogP) is 14.7. The van der Waals surface area contributed by atoms with E-state index in [9.17, 15) is 0 Å². The summed E-state index contributed by atoms with van der Waals surface area (Å²) in [5.74, 6) is 1.04. The molecule has 1 aliphatic heterocycles. The van der Waals surface area contributed by atoms with Crippen LogP contribution < -0.4 is 9.64 Å². The van der Waals surface area contributed by atoms with Crippen LogP contribution in [0, 0.1) is 0 Å². The molecule has 59 heavy (non-hydrogen) atoms. The highest BCUT2D eigenvalue weighted by molar-refractivity contribution is 5.83. The van der Waals surface area contributed by atoms with E-state index in [0.717, 1.165) is 22.8 Å². The summed E-state index contributed by atoms with van der Waals surface area (Å²) >= 11 is 0. The van der Waals surface area contributed by atoms with Gasteiger partial charge in [0.15, 0.2) is 0 Å². The number of fused-ring (bicyclic) bond motifs is 5. The van der Waals surface area contributed by atoms with Crippen molar-refractivity contribution in [2.24, 2.45) is 0 Å². The maximum atomic E-state index is 7.07. The van der Waals surface area contributed by atoms with Gasteiger partial charge in [-0.25, -0.2) is 0 Å². The van der Waals surface area contributed by atoms with Crippen molar-refractivity contribution >= 4 is 17.1 Å². The van der Waals surface area contributed by atoms with Crippen molar-refractivity contribution in [3.63, 3.8) is 0 Å². The zero-order valence-corrected chi connectivity index (χ0v) is 32.5. The number of rotatable bonds is 8. The minimum absolute atomic E-state index is 0.0622. The second-order valence-corrected chi connectivity index (χ2v) is 15.6. The highest BCUT2D eigenvalue weighted by Crippen LogP contribution is 2.67. The number of anilines is 3. The molecular weight excluding hydrogens is 715 g/mol. The minimum Gasteiger partial charge on any atom is -0.485 e. The lowest BCUT2D eigenvalue weighted by Gasteiger charge is -2.37. The molecule has 280 valence electrons. The van der Waals surface area contributed by atoms with E-state index in [-0.39, 0.29) is 12.0 Å². The van der Waals surface area contributed by atoms with Crippen LogP contribution in [-0.4, -0.2) is 0 Å². The monoisotopic (exact) mass is 755 g/mol. The molecule has 0 saturated heterocycles. The van der Waals surface area contributed by atoms with Gasteiger partial charge in [0.2, 0.25) is 0 Å². The average Bonchev–Trinajstić information content (AvgIpc) is 3.85. The maximum Gasteiger partial charge on any atom is 0.133 e. The zero-order valence-electron chi connectivity index (χ0n) is 32.5.